The lowest BCUT2D eigenvalue weighted by Crippen LogP contribution is -2.46. The maximum absolute atomic E-state index is 11.7. The van der Waals surface area contributed by atoms with Crippen LogP contribution in [0.15, 0.2) is 24.4 Å². The van der Waals surface area contributed by atoms with Crippen LogP contribution in [0.4, 0.5) is 10.6 Å². The van der Waals surface area contributed by atoms with Gasteiger partial charge in [-0.3, -0.25) is 4.98 Å². The van der Waals surface area contributed by atoms with Crippen LogP contribution in [-0.4, -0.2) is 53.8 Å². The quantitative estimate of drug-likeness (QED) is 0.589. The number of rotatable bonds is 5. The van der Waals surface area contributed by atoms with E-state index in [1.165, 1.54) is 5.56 Å². The topological polar surface area (TPSA) is 100 Å². The summed E-state index contributed by atoms with van der Waals surface area (Å²) < 4.78 is 6.36. The first-order valence-corrected chi connectivity index (χ1v) is 11.6. The van der Waals surface area contributed by atoms with Gasteiger partial charge in [0.05, 0.1) is 23.3 Å². The smallest absolute Gasteiger partial charge is 0.314 e. The van der Waals surface area contributed by atoms with Gasteiger partial charge < -0.3 is 26.0 Å². The van der Waals surface area contributed by atoms with E-state index in [1.807, 2.05) is 13.1 Å². The van der Waals surface area contributed by atoms with Crippen molar-refractivity contribution in [3.63, 3.8) is 0 Å². The van der Waals surface area contributed by atoms with Gasteiger partial charge in [-0.2, -0.15) is 0 Å². The Morgan fingerprint density at radius 1 is 1.19 bits per heavy atom. The number of fused-ring (bicyclic) bond motifs is 3. The number of nitrogens with zero attached hydrogens (tertiary/aromatic N) is 2. The molecule has 0 spiro atoms. The molecule has 1 aromatic heterocycles. The number of aromatic nitrogens is 2. The van der Waals surface area contributed by atoms with E-state index in [-0.39, 0.29) is 17.7 Å². The van der Waals surface area contributed by atoms with E-state index < -0.39 is 0 Å². The molecule has 2 aromatic rings. The average molecular weight is 425 g/mol. The SMILES string of the molecule is CCNC(=O)NC1CCC(Nc2cnc3ccc(C45CCC(CNC4)O5)cc3n2)CC1. The van der Waals surface area contributed by atoms with Gasteiger partial charge in [0.2, 0.25) is 0 Å². The molecule has 2 unspecified atom stereocenters. The number of urea groups is 1. The van der Waals surface area contributed by atoms with Gasteiger partial charge in [-0.1, -0.05) is 6.07 Å². The third kappa shape index (κ3) is 4.32. The molecule has 3 fully saturated rings. The van der Waals surface area contributed by atoms with E-state index in [1.54, 1.807) is 0 Å². The number of hydrogen-bond acceptors (Lipinski definition) is 6. The van der Waals surface area contributed by atoms with Crippen LogP contribution in [0.5, 0.6) is 0 Å². The highest BCUT2D eigenvalue weighted by atomic mass is 16.5. The molecule has 4 N–H and O–H groups in total. The normalized spacial score (nSPS) is 30.2. The molecule has 3 heterocycles. The molecule has 2 atom stereocenters. The number of ether oxygens (including phenoxy) is 1. The maximum atomic E-state index is 11.7. The van der Waals surface area contributed by atoms with E-state index in [0.717, 1.165) is 68.5 Å². The molecular weight excluding hydrogens is 392 g/mol. The van der Waals surface area contributed by atoms with Crippen molar-refractivity contribution < 1.29 is 9.53 Å². The zero-order chi connectivity index (χ0) is 21.3. The van der Waals surface area contributed by atoms with Gasteiger partial charge in [0.25, 0.3) is 0 Å². The van der Waals surface area contributed by atoms with Gasteiger partial charge in [-0.05, 0) is 63.1 Å². The summed E-state index contributed by atoms with van der Waals surface area (Å²) in [7, 11) is 0. The minimum atomic E-state index is -0.225. The van der Waals surface area contributed by atoms with Gasteiger partial charge in [0, 0.05) is 31.7 Å². The van der Waals surface area contributed by atoms with E-state index >= 15 is 0 Å². The molecule has 1 saturated carbocycles. The van der Waals surface area contributed by atoms with Crippen LogP contribution in [0, 0.1) is 0 Å². The van der Waals surface area contributed by atoms with Crippen LogP contribution >= 0.6 is 0 Å². The van der Waals surface area contributed by atoms with Crippen LogP contribution < -0.4 is 21.3 Å². The van der Waals surface area contributed by atoms with Crippen LogP contribution in [0.25, 0.3) is 11.0 Å². The second-order valence-corrected chi connectivity index (χ2v) is 9.06. The predicted octanol–water partition coefficient (Wildman–Crippen LogP) is 2.65. The first-order chi connectivity index (χ1) is 15.1. The van der Waals surface area contributed by atoms with Crippen LogP contribution in [0.3, 0.4) is 0 Å². The summed E-state index contributed by atoms with van der Waals surface area (Å²) in [5.41, 5.74) is 2.77. The third-order valence-electron chi connectivity index (χ3n) is 6.87. The molecule has 2 saturated heterocycles. The van der Waals surface area contributed by atoms with Gasteiger partial charge >= 0.3 is 6.03 Å². The number of benzene rings is 1. The Balaban J connectivity index is 1.24. The van der Waals surface area contributed by atoms with E-state index in [2.05, 4.69) is 44.5 Å². The lowest BCUT2D eigenvalue weighted by atomic mass is 9.90. The van der Waals surface area contributed by atoms with Gasteiger partial charge in [0.1, 0.15) is 11.4 Å². The van der Waals surface area contributed by atoms with Gasteiger partial charge in [0.15, 0.2) is 0 Å². The van der Waals surface area contributed by atoms with Crippen molar-refractivity contribution in [1.29, 1.82) is 0 Å². The number of amides is 2. The Labute approximate surface area is 182 Å². The summed E-state index contributed by atoms with van der Waals surface area (Å²) in [5, 5.41) is 12.9. The van der Waals surface area contributed by atoms with Crippen LogP contribution in [-0.2, 0) is 10.3 Å². The Hall–Kier alpha value is -2.45. The third-order valence-corrected chi connectivity index (χ3v) is 6.87. The Morgan fingerprint density at radius 2 is 2.03 bits per heavy atom. The second-order valence-electron chi connectivity index (χ2n) is 9.06. The molecule has 2 aliphatic heterocycles. The summed E-state index contributed by atoms with van der Waals surface area (Å²) >= 11 is 0. The molecule has 31 heavy (non-hydrogen) atoms. The summed E-state index contributed by atoms with van der Waals surface area (Å²) in [6.07, 6.45) is 8.24. The Bertz CT molecular complexity index is 941. The highest BCUT2D eigenvalue weighted by Gasteiger charge is 2.44. The van der Waals surface area contributed by atoms with E-state index in [9.17, 15) is 4.79 Å². The molecule has 8 nitrogen and oxygen atoms in total. The molecular formula is C23H32N6O2. The fourth-order valence-electron chi connectivity index (χ4n) is 5.21. The largest absolute Gasteiger partial charge is 0.366 e. The predicted molar refractivity (Wildman–Crippen MR) is 120 cm³/mol. The molecule has 5 rings (SSSR count). The summed E-state index contributed by atoms with van der Waals surface area (Å²) in [6.45, 7) is 4.38. The zero-order valence-electron chi connectivity index (χ0n) is 18.1. The number of morpholine rings is 1. The van der Waals surface area contributed by atoms with Crippen molar-refractivity contribution in [2.75, 3.05) is 25.0 Å². The molecule has 2 amide bonds. The van der Waals surface area contributed by atoms with Crippen molar-refractivity contribution in [2.45, 2.75) is 69.2 Å². The first kappa shape index (κ1) is 20.5. The van der Waals surface area contributed by atoms with Crippen molar-refractivity contribution >= 4 is 22.9 Å². The number of anilines is 1. The van der Waals surface area contributed by atoms with Crippen molar-refractivity contribution in [3.05, 3.63) is 30.0 Å². The lowest BCUT2D eigenvalue weighted by Gasteiger charge is -2.34. The Morgan fingerprint density at radius 3 is 2.87 bits per heavy atom. The summed E-state index contributed by atoms with van der Waals surface area (Å²) in [4.78, 5) is 21.2. The minimum Gasteiger partial charge on any atom is -0.366 e. The fraction of sp³-hybridized carbons (Fsp3) is 0.609. The molecule has 166 valence electrons. The zero-order valence-corrected chi connectivity index (χ0v) is 18.1. The second kappa shape index (κ2) is 8.59. The van der Waals surface area contributed by atoms with Gasteiger partial charge in [-0.15, -0.1) is 0 Å². The number of hydrogen-bond donors (Lipinski definition) is 4. The standard InChI is InChI=1S/C23H32N6O2/c1-2-25-22(30)28-17-6-4-16(5-7-17)27-21-13-26-19-8-3-15(11-20(19)29-21)23-10-9-18(31-23)12-24-14-23/h3,8,11,13,16-18,24H,2,4-7,9-10,12,14H2,1H3,(H,27,29)(H2,25,28,30). The van der Waals surface area contributed by atoms with Crippen LogP contribution in [0.1, 0.15) is 51.0 Å². The van der Waals surface area contributed by atoms with Crippen molar-refractivity contribution in [1.82, 2.24) is 25.9 Å². The molecule has 2 bridgehead atoms. The first-order valence-electron chi connectivity index (χ1n) is 11.6. The van der Waals surface area contributed by atoms with Crippen LogP contribution in [0.2, 0.25) is 0 Å². The van der Waals surface area contributed by atoms with Gasteiger partial charge in [-0.25, -0.2) is 9.78 Å². The van der Waals surface area contributed by atoms with E-state index in [4.69, 9.17) is 9.72 Å². The summed E-state index contributed by atoms with van der Waals surface area (Å²) in [5.74, 6) is 0.814. The number of nitrogens with one attached hydrogen (secondary N) is 4. The average Bonchev–Trinajstić information content (AvgIpc) is 3.09. The Kier molecular flexibility index (Phi) is 5.67. The molecule has 8 heteroatoms. The fourth-order valence-corrected chi connectivity index (χ4v) is 5.21. The minimum absolute atomic E-state index is 0.0692. The van der Waals surface area contributed by atoms with Crippen molar-refractivity contribution in [3.8, 4) is 0 Å². The highest BCUT2D eigenvalue weighted by Crippen LogP contribution is 2.41. The van der Waals surface area contributed by atoms with Crippen molar-refractivity contribution in [2.24, 2.45) is 0 Å². The van der Waals surface area contributed by atoms with E-state index in [0.29, 0.717) is 18.7 Å². The monoisotopic (exact) mass is 424 g/mol. The lowest BCUT2D eigenvalue weighted by molar-refractivity contribution is -0.0685. The molecule has 1 aliphatic carbocycles. The molecule has 0 radical (unpaired) electrons. The molecule has 1 aromatic carbocycles. The summed E-state index contributed by atoms with van der Waals surface area (Å²) in [6, 6.07) is 6.87. The molecule has 3 aliphatic rings. The number of carbonyl (C=O) groups is 1. The highest BCUT2D eigenvalue weighted by molar-refractivity contribution is 5.76. The maximum Gasteiger partial charge on any atom is 0.314 e. The number of carbonyl (C=O) groups excluding carboxylic acids is 1.